The van der Waals surface area contributed by atoms with Crippen LogP contribution in [-0.4, -0.2) is 20.9 Å². The van der Waals surface area contributed by atoms with Gasteiger partial charge in [0.15, 0.2) is 0 Å². The van der Waals surface area contributed by atoms with E-state index in [4.69, 9.17) is 11.6 Å². The molecule has 0 fully saturated rings. The van der Waals surface area contributed by atoms with E-state index in [1.807, 2.05) is 12.1 Å². The number of rotatable bonds is 5. The van der Waals surface area contributed by atoms with Gasteiger partial charge in [0, 0.05) is 35.7 Å². The van der Waals surface area contributed by atoms with Crippen molar-refractivity contribution in [2.45, 2.75) is 13.5 Å². The molecule has 126 valence electrons. The molecule has 0 atom stereocenters. The third-order valence-corrected chi connectivity index (χ3v) is 3.62. The fourth-order valence-electron chi connectivity index (χ4n) is 2.20. The summed E-state index contributed by atoms with van der Waals surface area (Å²) in [6.45, 7) is 2.30. The van der Waals surface area contributed by atoms with Crippen molar-refractivity contribution in [3.63, 3.8) is 0 Å². The number of amides is 1. The van der Waals surface area contributed by atoms with Gasteiger partial charge in [-0.25, -0.2) is 9.97 Å². The average Bonchev–Trinajstić information content (AvgIpc) is 2.62. The summed E-state index contributed by atoms with van der Waals surface area (Å²) in [5, 5.41) is 6.58. The minimum Gasteiger partial charge on any atom is -0.366 e. The Morgan fingerprint density at radius 1 is 1.16 bits per heavy atom. The summed E-state index contributed by atoms with van der Waals surface area (Å²) < 4.78 is 0. The van der Waals surface area contributed by atoms with E-state index >= 15 is 0 Å². The maximum Gasteiger partial charge on any atom is 0.274 e. The molecule has 25 heavy (non-hydrogen) atoms. The standard InChI is InChI=1S/C18H16ClN5O/c1-12-22-16(18(25)24-15-6-4-14(19)5-7-15)9-17(23-12)21-11-13-3-2-8-20-10-13/h2-10H,11H2,1H3,(H,24,25)(H,21,22,23). The second-order valence-corrected chi connectivity index (χ2v) is 5.80. The molecule has 3 rings (SSSR count). The van der Waals surface area contributed by atoms with E-state index in [1.165, 1.54) is 0 Å². The highest BCUT2D eigenvalue weighted by Gasteiger charge is 2.11. The van der Waals surface area contributed by atoms with Crippen molar-refractivity contribution in [3.05, 3.63) is 77.0 Å². The number of hydrogen-bond donors (Lipinski definition) is 2. The minimum atomic E-state index is -0.308. The number of aryl methyl sites for hydroxylation is 1. The molecule has 6 nitrogen and oxygen atoms in total. The molecule has 7 heteroatoms. The molecule has 2 aromatic heterocycles. The first-order valence-electron chi connectivity index (χ1n) is 7.65. The number of nitrogens with one attached hydrogen (secondary N) is 2. The van der Waals surface area contributed by atoms with Gasteiger partial charge in [-0.2, -0.15) is 0 Å². The Kier molecular flexibility index (Phi) is 5.20. The van der Waals surface area contributed by atoms with Crippen LogP contribution < -0.4 is 10.6 Å². The second kappa shape index (κ2) is 7.72. The average molecular weight is 354 g/mol. The molecule has 0 saturated heterocycles. The molecule has 0 aliphatic carbocycles. The molecule has 3 aromatic rings. The van der Waals surface area contributed by atoms with E-state index < -0.39 is 0 Å². The summed E-state index contributed by atoms with van der Waals surface area (Å²) in [7, 11) is 0. The second-order valence-electron chi connectivity index (χ2n) is 5.36. The van der Waals surface area contributed by atoms with Crippen molar-refractivity contribution in [2.24, 2.45) is 0 Å². The molecule has 0 saturated carbocycles. The molecule has 0 aliphatic rings. The molecule has 0 aliphatic heterocycles. The molecule has 2 N–H and O–H groups in total. The lowest BCUT2D eigenvalue weighted by Gasteiger charge is -2.09. The van der Waals surface area contributed by atoms with Gasteiger partial charge in [0.1, 0.15) is 17.3 Å². The topological polar surface area (TPSA) is 79.8 Å². The van der Waals surface area contributed by atoms with Gasteiger partial charge < -0.3 is 10.6 Å². The lowest BCUT2D eigenvalue weighted by atomic mass is 10.2. The van der Waals surface area contributed by atoms with E-state index in [9.17, 15) is 4.79 Å². The Morgan fingerprint density at radius 2 is 1.96 bits per heavy atom. The summed E-state index contributed by atoms with van der Waals surface area (Å²) in [5.74, 6) is 0.785. The van der Waals surface area contributed by atoms with Crippen LogP contribution in [0.5, 0.6) is 0 Å². The van der Waals surface area contributed by atoms with Crippen molar-refractivity contribution in [1.29, 1.82) is 0 Å². The van der Waals surface area contributed by atoms with Gasteiger partial charge in [-0.05, 0) is 42.8 Å². The highest BCUT2D eigenvalue weighted by atomic mass is 35.5. The van der Waals surface area contributed by atoms with Crippen molar-refractivity contribution in [2.75, 3.05) is 10.6 Å². The Morgan fingerprint density at radius 3 is 2.68 bits per heavy atom. The zero-order valence-electron chi connectivity index (χ0n) is 13.5. The molecular weight excluding hydrogens is 338 g/mol. The summed E-state index contributed by atoms with van der Waals surface area (Å²) in [4.78, 5) is 25.0. The number of halogens is 1. The van der Waals surface area contributed by atoms with Crippen LogP contribution in [0.25, 0.3) is 0 Å². The number of aromatic nitrogens is 3. The maximum atomic E-state index is 12.4. The van der Waals surface area contributed by atoms with Crippen LogP contribution in [0.1, 0.15) is 21.9 Å². The Hall–Kier alpha value is -2.99. The van der Waals surface area contributed by atoms with Crippen molar-refractivity contribution < 1.29 is 4.79 Å². The van der Waals surface area contributed by atoms with Crippen LogP contribution in [0, 0.1) is 6.92 Å². The smallest absolute Gasteiger partial charge is 0.274 e. The van der Waals surface area contributed by atoms with Crippen LogP contribution in [-0.2, 0) is 6.54 Å². The first-order valence-corrected chi connectivity index (χ1v) is 8.03. The predicted octanol–water partition coefficient (Wildman–Crippen LogP) is 3.70. The third-order valence-electron chi connectivity index (χ3n) is 3.37. The molecule has 2 heterocycles. The lowest BCUT2D eigenvalue weighted by Crippen LogP contribution is -2.15. The summed E-state index contributed by atoms with van der Waals surface area (Å²) in [5.41, 5.74) is 1.96. The molecule has 1 amide bonds. The molecule has 0 radical (unpaired) electrons. The third kappa shape index (κ3) is 4.74. The molecule has 0 unspecified atom stereocenters. The largest absolute Gasteiger partial charge is 0.366 e. The maximum absolute atomic E-state index is 12.4. The van der Waals surface area contributed by atoms with E-state index in [2.05, 4.69) is 25.6 Å². The summed E-state index contributed by atoms with van der Waals surface area (Å²) >= 11 is 5.85. The van der Waals surface area contributed by atoms with Gasteiger partial charge in [0.25, 0.3) is 5.91 Å². The van der Waals surface area contributed by atoms with E-state index in [1.54, 1.807) is 49.6 Å². The van der Waals surface area contributed by atoms with Gasteiger partial charge >= 0.3 is 0 Å². The van der Waals surface area contributed by atoms with Crippen LogP contribution >= 0.6 is 11.6 Å². The van der Waals surface area contributed by atoms with Crippen LogP contribution in [0.2, 0.25) is 5.02 Å². The van der Waals surface area contributed by atoms with E-state index in [0.717, 1.165) is 5.56 Å². The Labute approximate surface area is 150 Å². The fraction of sp³-hybridized carbons (Fsp3) is 0.111. The van der Waals surface area contributed by atoms with Crippen molar-refractivity contribution in [3.8, 4) is 0 Å². The fourth-order valence-corrected chi connectivity index (χ4v) is 2.32. The van der Waals surface area contributed by atoms with Gasteiger partial charge in [0.2, 0.25) is 0 Å². The van der Waals surface area contributed by atoms with Crippen molar-refractivity contribution in [1.82, 2.24) is 15.0 Å². The number of carbonyl (C=O) groups excluding carboxylic acids is 1. The van der Waals surface area contributed by atoms with Crippen LogP contribution in [0.3, 0.4) is 0 Å². The SMILES string of the molecule is Cc1nc(NCc2cccnc2)cc(C(=O)Nc2ccc(Cl)cc2)n1. The number of hydrogen-bond acceptors (Lipinski definition) is 5. The summed E-state index contributed by atoms with van der Waals surface area (Å²) in [6.07, 6.45) is 3.49. The quantitative estimate of drug-likeness (QED) is 0.731. The molecule has 0 bridgehead atoms. The van der Waals surface area contributed by atoms with Gasteiger partial charge in [0.05, 0.1) is 0 Å². The first kappa shape index (κ1) is 16.9. The monoisotopic (exact) mass is 353 g/mol. The van der Waals surface area contributed by atoms with Crippen molar-refractivity contribution >= 4 is 29.0 Å². The van der Waals surface area contributed by atoms with Gasteiger partial charge in [-0.15, -0.1) is 0 Å². The highest BCUT2D eigenvalue weighted by Crippen LogP contribution is 2.15. The minimum absolute atomic E-state index is 0.288. The number of nitrogens with zero attached hydrogens (tertiary/aromatic N) is 3. The lowest BCUT2D eigenvalue weighted by molar-refractivity contribution is 0.102. The highest BCUT2D eigenvalue weighted by molar-refractivity contribution is 6.30. The normalized spacial score (nSPS) is 10.3. The number of pyridine rings is 1. The predicted molar refractivity (Wildman–Crippen MR) is 97.7 cm³/mol. The van der Waals surface area contributed by atoms with E-state index in [0.29, 0.717) is 28.9 Å². The summed E-state index contributed by atoms with van der Waals surface area (Å²) in [6, 6.07) is 12.3. The molecular formula is C18H16ClN5O. The Balaban J connectivity index is 1.72. The van der Waals surface area contributed by atoms with Crippen LogP contribution in [0.15, 0.2) is 54.9 Å². The van der Waals surface area contributed by atoms with E-state index in [-0.39, 0.29) is 11.6 Å². The number of carbonyl (C=O) groups is 1. The Bertz CT molecular complexity index is 868. The van der Waals surface area contributed by atoms with Gasteiger partial charge in [-0.1, -0.05) is 17.7 Å². The van der Waals surface area contributed by atoms with Crippen LogP contribution in [0.4, 0.5) is 11.5 Å². The zero-order chi connectivity index (χ0) is 17.6. The molecule has 0 spiro atoms. The number of benzene rings is 1. The zero-order valence-corrected chi connectivity index (χ0v) is 14.3. The number of anilines is 2. The molecule has 1 aromatic carbocycles. The first-order chi connectivity index (χ1) is 12.1. The van der Waals surface area contributed by atoms with Gasteiger partial charge in [-0.3, -0.25) is 9.78 Å².